The van der Waals surface area contributed by atoms with Crippen LogP contribution in [0.3, 0.4) is 0 Å². The van der Waals surface area contributed by atoms with Crippen LogP contribution in [0.4, 0.5) is 13.2 Å². The number of amides is 1. The number of halogens is 3. The second-order valence-electron chi connectivity index (χ2n) is 5.36. The lowest BCUT2D eigenvalue weighted by atomic mass is 10.1. The second-order valence-corrected chi connectivity index (χ2v) is 7.04. The van der Waals surface area contributed by atoms with Gasteiger partial charge in [0.05, 0.1) is 10.5 Å². The van der Waals surface area contributed by atoms with Crippen LogP contribution in [0.25, 0.3) is 17.4 Å². The summed E-state index contributed by atoms with van der Waals surface area (Å²) in [6.07, 6.45) is -1.32. The Morgan fingerprint density at radius 3 is 2.73 bits per heavy atom. The van der Waals surface area contributed by atoms with E-state index in [0.29, 0.717) is 27.1 Å². The maximum atomic E-state index is 12.8. The number of carbonyl (C=O) groups excluding carboxylic acids is 1. The Hall–Kier alpha value is -2.32. The largest absolute Gasteiger partial charge is 0.457 e. The van der Waals surface area contributed by atoms with Crippen molar-refractivity contribution in [1.29, 1.82) is 0 Å². The van der Waals surface area contributed by atoms with Gasteiger partial charge in [0.1, 0.15) is 15.8 Å². The Morgan fingerprint density at radius 2 is 2.04 bits per heavy atom. The summed E-state index contributed by atoms with van der Waals surface area (Å²) in [6.45, 7) is 3.90. The summed E-state index contributed by atoms with van der Waals surface area (Å²) in [7, 11) is 0. The molecule has 0 radical (unpaired) electrons. The van der Waals surface area contributed by atoms with Crippen molar-refractivity contribution in [1.82, 2.24) is 4.90 Å². The molecule has 3 rings (SSSR count). The molecule has 0 unspecified atom stereocenters. The number of carbonyl (C=O) groups is 1. The molecule has 2 aromatic rings. The minimum atomic E-state index is -4.43. The van der Waals surface area contributed by atoms with Crippen molar-refractivity contribution in [3.05, 3.63) is 65.3 Å². The molecule has 0 aliphatic carbocycles. The van der Waals surface area contributed by atoms with Crippen LogP contribution in [0.1, 0.15) is 11.3 Å². The van der Waals surface area contributed by atoms with Gasteiger partial charge in [-0.25, -0.2) is 0 Å². The highest BCUT2D eigenvalue weighted by Crippen LogP contribution is 2.35. The third kappa shape index (κ3) is 3.76. The number of alkyl halides is 3. The quantitative estimate of drug-likeness (QED) is 0.397. The number of furan rings is 1. The van der Waals surface area contributed by atoms with Crippen molar-refractivity contribution < 1.29 is 22.4 Å². The molecule has 1 saturated heterocycles. The maximum Gasteiger partial charge on any atom is 0.416 e. The highest BCUT2D eigenvalue weighted by atomic mass is 32.2. The smallest absolute Gasteiger partial charge is 0.416 e. The van der Waals surface area contributed by atoms with E-state index in [4.69, 9.17) is 16.6 Å². The van der Waals surface area contributed by atoms with Gasteiger partial charge in [-0.3, -0.25) is 9.69 Å². The second kappa shape index (κ2) is 7.13. The minimum Gasteiger partial charge on any atom is -0.457 e. The fraction of sp³-hybridized carbons (Fsp3) is 0.111. The zero-order valence-electron chi connectivity index (χ0n) is 13.2. The summed E-state index contributed by atoms with van der Waals surface area (Å²) in [5, 5.41) is 0. The molecule has 0 spiro atoms. The van der Waals surface area contributed by atoms with Crippen LogP contribution in [-0.4, -0.2) is 21.7 Å². The Labute approximate surface area is 157 Å². The van der Waals surface area contributed by atoms with Crippen molar-refractivity contribution in [3.63, 3.8) is 0 Å². The number of benzene rings is 1. The molecule has 1 fully saturated rings. The van der Waals surface area contributed by atoms with Crippen LogP contribution in [0.2, 0.25) is 0 Å². The number of thiocarbonyl (C=S) groups is 1. The van der Waals surface area contributed by atoms with E-state index in [1.807, 2.05) is 0 Å². The molecule has 26 heavy (non-hydrogen) atoms. The van der Waals surface area contributed by atoms with E-state index in [2.05, 4.69) is 6.58 Å². The van der Waals surface area contributed by atoms with Crippen LogP contribution >= 0.6 is 24.0 Å². The minimum absolute atomic E-state index is 0.253. The van der Waals surface area contributed by atoms with E-state index >= 15 is 0 Å². The van der Waals surface area contributed by atoms with E-state index in [-0.39, 0.29) is 11.7 Å². The number of thioether (sulfide) groups is 1. The normalized spacial score (nSPS) is 16.6. The Kier molecular flexibility index (Phi) is 5.06. The first-order valence-electron chi connectivity index (χ1n) is 7.43. The molecule has 0 N–H and O–H groups in total. The van der Waals surface area contributed by atoms with Crippen LogP contribution in [0.5, 0.6) is 0 Å². The number of hydrogen-bond acceptors (Lipinski definition) is 4. The first kappa shape index (κ1) is 18.5. The molecule has 1 aromatic carbocycles. The van der Waals surface area contributed by atoms with Gasteiger partial charge in [0.15, 0.2) is 0 Å². The fourth-order valence-electron chi connectivity index (χ4n) is 2.35. The van der Waals surface area contributed by atoms with Gasteiger partial charge in [-0.1, -0.05) is 42.2 Å². The van der Waals surface area contributed by atoms with Gasteiger partial charge in [-0.2, -0.15) is 13.2 Å². The molecule has 0 saturated carbocycles. The predicted octanol–water partition coefficient (Wildman–Crippen LogP) is 5.35. The predicted molar refractivity (Wildman–Crippen MR) is 99.2 cm³/mol. The monoisotopic (exact) mass is 395 g/mol. The molecule has 1 amide bonds. The van der Waals surface area contributed by atoms with Crippen molar-refractivity contribution in [2.45, 2.75) is 6.18 Å². The van der Waals surface area contributed by atoms with E-state index in [1.54, 1.807) is 18.2 Å². The molecular formula is C18H12F3NO2S2. The molecular weight excluding hydrogens is 383 g/mol. The van der Waals surface area contributed by atoms with Gasteiger partial charge >= 0.3 is 6.18 Å². The Morgan fingerprint density at radius 1 is 1.27 bits per heavy atom. The van der Waals surface area contributed by atoms with Crippen LogP contribution in [-0.2, 0) is 11.0 Å². The zero-order valence-corrected chi connectivity index (χ0v) is 14.9. The van der Waals surface area contributed by atoms with Gasteiger partial charge in [-0.15, -0.1) is 6.58 Å². The molecule has 2 heterocycles. The van der Waals surface area contributed by atoms with Gasteiger partial charge in [0, 0.05) is 18.2 Å². The van der Waals surface area contributed by atoms with E-state index in [1.165, 1.54) is 23.1 Å². The highest BCUT2D eigenvalue weighted by molar-refractivity contribution is 8.26. The first-order chi connectivity index (χ1) is 12.3. The summed E-state index contributed by atoms with van der Waals surface area (Å²) in [5.74, 6) is 0.386. The first-order valence-corrected chi connectivity index (χ1v) is 8.66. The Bertz CT molecular complexity index is 915. The Balaban J connectivity index is 1.86. The van der Waals surface area contributed by atoms with E-state index in [9.17, 15) is 18.0 Å². The SMILES string of the molecule is C=CCN1C(=O)/C(=C\c2ccc(-c3cccc(C(F)(F)F)c3)o2)SC1=S. The van der Waals surface area contributed by atoms with Crippen molar-refractivity contribution in [3.8, 4) is 11.3 Å². The summed E-state index contributed by atoms with van der Waals surface area (Å²) in [5.41, 5.74) is -0.447. The topological polar surface area (TPSA) is 33.5 Å². The number of rotatable bonds is 4. The lowest BCUT2D eigenvalue weighted by Crippen LogP contribution is -2.27. The van der Waals surface area contributed by atoms with Gasteiger partial charge in [-0.05, 0) is 24.3 Å². The van der Waals surface area contributed by atoms with Gasteiger partial charge < -0.3 is 4.42 Å². The molecule has 134 valence electrons. The summed E-state index contributed by atoms with van der Waals surface area (Å²) in [4.78, 5) is 14.1. The standard InChI is InChI=1S/C18H12F3NO2S2/c1-2-8-22-16(23)15(26-17(22)25)10-13-6-7-14(24-13)11-4-3-5-12(9-11)18(19,20)21/h2-7,9-10H,1,8H2/b15-10+. The molecule has 1 aliphatic heterocycles. The molecule has 3 nitrogen and oxygen atoms in total. The lowest BCUT2D eigenvalue weighted by Gasteiger charge is -2.10. The molecule has 1 aliphatic rings. The fourth-order valence-corrected chi connectivity index (χ4v) is 3.61. The van der Waals surface area contributed by atoms with Gasteiger partial charge in [0.2, 0.25) is 0 Å². The molecule has 0 bridgehead atoms. The third-order valence-corrected chi connectivity index (χ3v) is 4.94. The summed E-state index contributed by atoms with van der Waals surface area (Å²) in [6, 6.07) is 8.02. The number of nitrogens with zero attached hydrogens (tertiary/aromatic N) is 1. The van der Waals surface area contributed by atoms with Crippen molar-refractivity contribution in [2.75, 3.05) is 6.54 Å². The van der Waals surface area contributed by atoms with Crippen LogP contribution in [0.15, 0.2) is 58.4 Å². The number of hydrogen-bond donors (Lipinski definition) is 0. The third-order valence-electron chi connectivity index (χ3n) is 3.56. The lowest BCUT2D eigenvalue weighted by molar-refractivity contribution is -0.137. The van der Waals surface area contributed by atoms with Gasteiger partial charge in [0.25, 0.3) is 5.91 Å². The van der Waals surface area contributed by atoms with Crippen molar-refractivity contribution in [2.24, 2.45) is 0 Å². The summed E-state index contributed by atoms with van der Waals surface area (Å²) >= 11 is 6.29. The molecule has 1 aromatic heterocycles. The molecule has 8 heteroatoms. The molecule has 0 atom stereocenters. The average Bonchev–Trinajstić information content (AvgIpc) is 3.15. The van der Waals surface area contributed by atoms with E-state index in [0.717, 1.165) is 23.9 Å². The summed E-state index contributed by atoms with van der Waals surface area (Å²) < 4.78 is 44.5. The van der Waals surface area contributed by atoms with Crippen LogP contribution in [0, 0.1) is 0 Å². The van der Waals surface area contributed by atoms with Crippen LogP contribution < -0.4 is 0 Å². The average molecular weight is 395 g/mol. The van der Waals surface area contributed by atoms with E-state index < -0.39 is 11.7 Å². The van der Waals surface area contributed by atoms with Crippen molar-refractivity contribution >= 4 is 40.3 Å². The highest BCUT2D eigenvalue weighted by Gasteiger charge is 2.32. The zero-order chi connectivity index (χ0) is 18.9. The maximum absolute atomic E-state index is 12.8.